The summed E-state index contributed by atoms with van der Waals surface area (Å²) in [5, 5.41) is 5.92. The van der Waals surface area contributed by atoms with Crippen LogP contribution >= 0.6 is 34.8 Å². The highest BCUT2D eigenvalue weighted by atomic mass is 127. The molecule has 0 fully saturated rings. The average molecular weight is 484 g/mol. The van der Waals surface area contributed by atoms with Gasteiger partial charge in [-0.15, -0.1) is 0 Å². The Morgan fingerprint density at radius 3 is 2.69 bits per heavy atom. The van der Waals surface area contributed by atoms with E-state index in [9.17, 15) is 4.79 Å². The van der Waals surface area contributed by atoms with Crippen LogP contribution in [0.4, 0.5) is 5.69 Å². The van der Waals surface area contributed by atoms with Gasteiger partial charge >= 0.3 is 0 Å². The third kappa shape index (κ3) is 6.22. The molecule has 2 rings (SSSR count). The number of amides is 1. The lowest BCUT2D eigenvalue weighted by atomic mass is 10.1. The van der Waals surface area contributed by atoms with Crippen molar-refractivity contribution in [1.29, 1.82) is 0 Å². The largest absolute Gasteiger partial charge is 0.489 e. The van der Waals surface area contributed by atoms with Gasteiger partial charge in [0.05, 0.1) is 12.3 Å². The van der Waals surface area contributed by atoms with Crippen molar-refractivity contribution >= 4 is 51.5 Å². The predicted octanol–water partition coefficient (Wildman–Crippen LogP) is 4.14. The highest BCUT2D eigenvalue weighted by Crippen LogP contribution is 2.23. The van der Waals surface area contributed by atoms with Crippen molar-refractivity contribution in [2.75, 3.05) is 25.1 Å². The SMILES string of the molecule is CCOCCOc1ccccc1NC(=S)NC(=O)c1ccc(C)c(I)c1. The molecule has 2 N–H and O–H groups in total. The third-order valence-corrected chi connectivity index (χ3v) is 4.85. The number of aryl methyl sites for hydroxylation is 1. The minimum Gasteiger partial charge on any atom is -0.489 e. The van der Waals surface area contributed by atoms with Gasteiger partial charge in [0.15, 0.2) is 5.11 Å². The van der Waals surface area contributed by atoms with Crippen molar-refractivity contribution in [3.8, 4) is 5.75 Å². The summed E-state index contributed by atoms with van der Waals surface area (Å²) in [6.45, 7) is 5.53. The lowest BCUT2D eigenvalue weighted by Crippen LogP contribution is -2.34. The molecule has 0 saturated carbocycles. The molecule has 0 heterocycles. The highest BCUT2D eigenvalue weighted by molar-refractivity contribution is 14.1. The van der Waals surface area contributed by atoms with Gasteiger partial charge in [-0.25, -0.2) is 0 Å². The standard InChI is InChI=1S/C19H21IN2O3S/c1-3-24-10-11-25-17-7-5-4-6-16(17)21-19(26)22-18(23)14-9-8-13(2)15(20)12-14/h4-9,12H,3,10-11H2,1-2H3,(H2,21,22,23,26). The highest BCUT2D eigenvalue weighted by Gasteiger charge is 2.11. The van der Waals surface area contributed by atoms with Crippen LogP contribution in [-0.2, 0) is 4.74 Å². The monoisotopic (exact) mass is 484 g/mol. The predicted molar refractivity (Wildman–Crippen MR) is 116 cm³/mol. The molecule has 0 atom stereocenters. The molecule has 0 spiro atoms. The van der Waals surface area contributed by atoms with Crippen LogP contribution in [0.15, 0.2) is 42.5 Å². The van der Waals surface area contributed by atoms with Crippen LogP contribution in [0.2, 0.25) is 0 Å². The Hall–Kier alpha value is -1.71. The second-order valence-electron chi connectivity index (χ2n) is 5.41. The van der Waals surface area contributed by atoms with Gasteiger partial charge in [-0.1, -0.05) is 18.2 Å². The molecule has 0 bridgehead atoms. The van der Waals surface area contributed by atoms with E-state index in [2.05, 4.69) is 33.2 Å². The summed E-state index contributed by atoms with van der Waals surface area (Å²) in [6.07, 6.45) is 0. The van der Waals surface area contributed by atoms with Crippen LogP contribution in [-0.4, -0.2) is 30.8 Å². The normalized spacial score (nSPS) is 10.3. The van der Waals surface area contributed by atoms with E-state index in [0.29, 0.717) is 36.8 Å². The van der Waals surface area contributed by atoms with Gasteiger partial charge in [0, 0.05) is 15.7 Å². The second kappa shape index (κ2) is 10.4. The summed E-state index contributed by atoms with van der Waals surface area (Å²) in [4.78, 5) is 12.3. The first kappa shape index (κ1) is 20.6. The minimum atomic E-state index is -0.254. The molecule has 26 heavy (non-hydrogen) atoms. The zero-order chi connectivity index (χ0) is 18.9. The Morgan fingerprint density at radius 2 is 1.96 bits per heavy atom. The number of ether oxygens (including phenoxy) is 2. The fraction of sp³-hybridized carbons (Fsp3) is 0.263. The van der Waals surface area contributed by atoms with Crippen molar-refractivity contribution < 1.29 is 14.3 Å². The number of hydrogen-bond acceptors (Lipinski definition) is 4. The van der Waals surface area contributed by atoms with Crippen molar-refractivity contribution in [2.45, 2.75) is 13.8 Å². The fourth-order valence-corrected chi connectivity index (χ4v) is 2.83. The van der Waals surface area contributed by atoms with Crippen LogP contribution in [0.1, 0.15) is 22.8 Å². The van der Waals surface area contributed by atoms with E-state index in [1.165, 1.54) is 0 Å². The molecule has 7 heteroatoms. The smallest absolute Gasteiger partial charge is 0.257 e. The number of carbonyl (C=O) groups excluding carboxylic acids is 1. The summed E-state index contributed by atoms with van der Waals surface area (Å²) in [5.41, 5.74) is 2.37. The molecular formula is C19H21IN2O3S. The number of hydrogen-bond donors (Lipinski definition) is 2. The maximum Gasteiger partial charge on any atom is 0.257 e. The molecule has 2 aromatic carbocycles. The first-order valence-corrected chi connectivity index (χ1v) is 9.68. The zero-order valence-electron chi connectivity index (χ0n) is 14.7. The van der Waals surface area contributed by atoms with Gasteiger partial charge in [-0.05, 0) is 78.5 Å². The molecule has 0 unspecified atom stereocenters. The quantitative estimate of drug-likeness (QED) is 0.352. The molecule has 5 nitrogen and oxygen atoms in total. The van der Waals surface area contributed by atoms with Gasteiger partial charge in [0.1, 0.15) is 12.4 Å². The molecule has 2 aromatic rings. The average Bonchev–Trinajstić information content (AvgIpc) is 2.62. The van der Waals surface area contributed by atoms with Crippen molar-refractivity contribution in [3.05, 3.63) is 57.2 Å². The molecule has 0 aromatic heterocycles. The summed E-state index contributed by atoms with van der Waals surface area (Å²) in [7, 11) is 0. The maximum absolute atomic E-state index is 12.3. The number of rotatable bonds is 7. The number of thiocarbonyl (C=S) groups is 1. The van der Waals surface area contributed by atoms with Crippen LogP contribution in [0.25, 0.3) is 0 Å². The number of nitrogens with one attached hydrogen (secondary N) is 2. The van der Waals surface area contributed by atoms with E-state index < -0.39 is 0 Å². The van der Waals surface area contributed by atoms with E-state index in [1.807, 2.05) is 50.2 Å². The van der Waals surface area contributed by atoms with E-state index in [0.717, 1.165) is 9.13 Å². The molecule has 0 aliphatic carbocycles. The molecule has 0 radical (unpaired) electrons. The molecular weight excluding hydrogens is 463 g/mol. The van der Waals surface area contributed by atoms with Crippen LogP contribution < -0.4 is 15.4 Å². The van der Waals surface area contributed by atoms with Gasteiger partial charge in [0.25, 0.3) is 5.91 Å². The molecule has 138 valence electrons. The van der Waals surface area contributed by atoms with Gasteiger partial charge < -0.3 is 14.8 Å². The lowest BCUT2D eigenvalue weighted by Gasteiger charge is -2.14. The maximum atomic E-state index is 12.3. The molecule has 0 aliphatic heterocycles. The number of halogens is 1. The van der Waals surface area contributed by atoms with Crippen LogP contribution in [0.3, 0.4) is 0 Å². The van der Waals surface area contributed by atoms with Gasteiger partial charge in [-0.3, -0.25) is 10.1 Å². The summed E-state index contributed by atoms with van der Waals surface area (Å²) in [5.74, 6) is 0.392. The Labute approximate surface area is 172 Å². The van der Waals surface area contributed by atoms with Crippen molar-refractivity contribution in [1.82, 2.24) is 5.32 Å². The number of carbonyl (C=O) groups is 1. The first-order chi connectivity index (χ1) is 12.5. The Kier molecular flexibility index (Phi) is 8.27. The molecule has 0 saturated heterocycles. The molecule has 0 aliphatic rings. The second-order valence-corrected chi connectivity index (χ2v) is 6.98. The van der Waals surface area contributed by atoms with Gasteiger partial charge in [0.2, 0.25) is 0 Å². The summed E-state index contributed by atoms with van der Waals surface area (Å²) < 4.78 is 12.0. The number of benzene rings is 2. The number of para-hydroxylation sites is 2. The third-order valence-electron chi connectivity index (χ3n) is 3.49. The summed E-state index contributed by atoms with van der Waals surface area (Å²) >= 11 is 7.46. The van der Waals surface area contributed by atoms with E-state index in [4.69, 9.17) is 21.7 Å². The van der Waals surface area contributed by atoms with E-state index in [-0.39, 0.29) is 11.0 Å². The van der Waals surface area contributed by atoms with Crippen molar-refractivity contribution in [3.63, 3.8) is 0 Å². The lowest BCUT2D eigenvalue weighted by molar-refractivity contribution is 0.0977. The van der Waals surface area contributed by atoms with Gasteiger partial charge in [-0.2, -0.15) is 0 Å². The van der Waals surface area contributed by atoms with E-state index in [1.54, 1.807) is 6.07 Å². The van der Waals surface area contributed by atoms with Crippen LogP contribution in [0.5, 0.6) is 5.75 Å². The minimum absolute atomic E-state index is 0.214. The summed E-state index contributed by atoms with van der Waals surface area (Å²) in [6, 6.07) is 12.9. The topological polar surface area (TPSA) is 59.6 Å². The van der Waals surface area contributed by atoms with E-state index >= 15 is 0 Å². The number of anilines is 1. The Balaban J connectivity index is 1.96. The Bertz CT molecular complexity index is 783. The Morgan fingerprint density at radius 1 is 1.19 bits per heavy atom. The zero-order valence-corrected chi connectivity index (χ0v) is 17.6. The van der Waals surface area contributed by atoms with Crippen LogP contribution in [0, 0.1) is 10.5 Å². The fourth-order valence-electron chi connectivity index (χ4n) is 2.11. The first-order valence-electron chi connectivity index (χ1n) is 8.19. The van der Waals surface area contributed by atoms with Crippen molar-refractivity contribution in [2.24, 2.45) is 0 Å². The molecule has 1 amide bonds.